The quantitative estimate of drug-likeness (QED) is 0.138. The third-order valence-electron chi connectivity index (χ3n) is 7.43. The van der Waals surface area contributed by atoms with Gasteiger partial charge in [-0.1, -0.05) is 24.3 Å². The van der Waals surface area contributed by atoms with Gasteiger partial charge in [-0.15, -0.1) is 0 Å². The zero-order valence-corrected chi connectivity index (χ0v) is 20.7. The van der Waals surface area contributed by atoms with Crippen LogP contribution in [-0.4, -0.2) is 99.1 Å². The molecule has 12 nitrogen and oxygen atoms in total. The van der Waals surface area contributed by atoms with E-state index in [1.807, 2.05) is 0 Å². The van der Waals surface area contributed by atoms with E-state index in [1.165, 1.54) is 12.1 Å². The Morgan fingerprint density at radius 1 is 1.00 bits per heavy atom. The maximum Gasteiger partial charge on any atom is 0.303 e. The number of aliphatic hydroxyl groups is 4. The molecule has 2 aromatic rings. The number of halogens is 1. The van der Waals surface area contributed by atoms with Crippen molar-refractivity contribution in [1.82, 2.24) is 15.1 Å². The maximum atomic E-state index is 15.3. The van der Waals surface area contributed by atoms with Gasteiger partial charge in [0.25, 0.3) is 17.6 Å². The minimum absolute atomic E-state index is 0.0355. The number of nitrogens with one attached hydrogen (secondary N) is 2. The first-order valence-electron chi connectivity index (χ1n) is 12.2. The number of morpholine rings is 1. The van der Waals surface area contributed by atoms with Gasteiger partial charge in [0.15, 0.2) is 0 Å². The molecular weight excluding hydrogens is 514 g/mol. The summed E-state index contributed by atoms with van der Waals surface area (Å²) in [6.07, 6.45) is 0. The van der Waals surface area contributed by atoms with Crippen LogP contribution in [0.3, 0.4) is 0 Å². The van der Waals surface area contributed by atoms with Crippen LogP contribution >= 0.6 is 0 Å². The number of hydrogen-bond acceptors (Lipinski definition) is 10. The van der Waals surface area contributed by atoms with Crippen LogP contribution in [0.4, 0.5) is 10.1 Å². The van der Waals surface area contributed by atoms with Crippen molar-refractivity contribution in [3.8, 4) is 0 Å². The van der Waals surface area contributed by atoms with Crippen LogP contribution in [0.5, 0.6) is 0 Å². The van der Waals surface area contributed by atoms with Crippen LogP contribution in [0.25, 0.3) is 0 Å². The summed E-state index contributed by atoms with van der Waals surface area (Å²) in [5.41, 5.74) is -1.56. The Morgan fingerprint density at radius 2 is 1.67 bits per heavy atom. The number of rotatable bonds is 6. The Balaban J connectivity index is 1.38. The predicted octanol–water partition coefficient (Wildman–Crippen LogP) is -1.89. The highest BCUT2D eigenvalue weighted by molar-refractivity contribution is 6.34. The molecule has 0 aromatic heterocycles. The van der Waals surface area contributed by atoms with Crippen molar-refractivity contribution in [2.45, 2.75) is 36.6 Å². The largest absolute Gasteiger partial charge is 0.381 e. The molecule has 5 rings (SSSR count). The monoisotopic (exact) mass is 540 g/mol. The van der Waals surface area contributed by atoms with Gasteiger partial charge < -0.3 is 35.4 Å². The maximum absolute atomic E-state index is 15.3. The summed E-state index contributed by atoms with van der Waals surface area (Å²) in [5.74, 6) is -12.5. The number of ether oxygens (including phenoxy) is 1. The van der Waals surface area contributed by atoms with Crippen molar-refractivity contribution in [1.29, 1.82) is 0 Å². The number of nitrogens with zero attached hydrogens (tertiary/aromatic N) is 2. The molecule has 2 aromatic carbocycles. The van der Waals surface area contributed by atoms with Crippen LogP contribution in [0.2, 0.25) is 0 Å². The summed E-state index contributed by atoms with van der Waals surface area (Å²) in [5, 5.41) is 45.7. The number of piperidine rings is 1. The van der Waals surface area contributed by atoms with Crippen molar-refractivity contribution >= 4 is 31.3 Å². The van der Waals surface area contributed by atoms with E-state index in [0.717, 1.165) is 0 Å². The van der Waals surface area contributed by atoms with Gasteiger partial charge in [0.2, 0.25) is 5.91 Å². The molecule has 3 aliphatic heterocycles. The number of carbonyl (C=O) groups is 3. The minimum atomic E-state index is -3.96. The molecule has 39 heavy (non-hydrogen) atoms. The Labute approximate surface area is 223 Å². The fraction of sp³-hybridized carbons (Fsp3) is 0.400. The van der Waals surface area contributed by atoms with Crippen LogP contribution in [0, 0.1) is 5.82 Å². The smallest absolute Gasteiger partial charge is 0.303 e. The van der Waals surface area contributed by atoms with Crippen molar-refractivity contribution in [3.05, 3.63) is 64.5 Å². The molecule has 0 bridgehead atoms. The molecule has 2 radical (unpaired) electrons. The van der Waals surface area contributed by atoms with Gasteiger partial charge in [0.1, 0.15) is 19.1 Å². The van der Waals surface area contributed by atoms with Gasteiger partial charge in [-0.05, 0) is 12.1 Å². The number of fused-ring (bicyclic) bond motifs is 1. The summed E-state index contributed by atoms with van der Waals surface area (Å²) in [6, 6.07) is 9.61. The molecule has 2 fully saturated rings. The molecular formula is C25H26BFN4O8. The average Bonchev–Trinajstić information content (AvgIpc) is 3.25. The zero-order valence-electron chi connectivity index (χ0n) is 20.7. The SMILES string of the molecule is [B]C1(N2Cc3c(NCc4cccc(CN5CCOCC5)c4F)cccc3C2=O)C(=O)NC(=O)C(O)(O)C1(O)O. The topological polar surface area (TPSA) is 172 Å². The second kappa shape index (κ2) is 9.66. The van der Waals surface area contributed by atoms with E-state index in [9.17, 15) is 34.8 Å². The molecule has 0 saturated carbocycles. The van der Waals surface area contributed by atoms with Crippen LogP contribution < -0.4 is 10.6 Å². The second-order valence-electron chi connectivity index (χ2n) is 9.75. The lowest BCUT2D eigenvalue weighted by Crippen LogP contribution is -2.86. The fourth-order valence-electron chi connectivity index (χ4n) is 5.04. The molecule has 0 spiro atoms. The van der Waals surface area contributed by atoms with Gasteiger partial charge >= 0.3 is 5.79 Å². The first-order valence-corrected chi connectivity index (χ1v) is 12.2. The van der Waals surface area contributed by atoms with E-state index >= 15 is 4.39 Å². The second-order valence-corrected chi connectivity index (χ2v) is 9.75. The fourth-order valence-corrected chi connectivity index (χ4v) is 5.04. The van der Waals surface area contributed by atoms with Gasteiger partial charge in [-0.3, -0.25) is 24.6 Å². The highest BCUT2D eigenvalue weighted by atomic mass is 19.1. The lowest BCUT2D eigenvalue weighted by molar-refractivity contribution is -0.362. The molecule has 3 amide bonds. The Kier molecular flexibility index (Phi) is 6.73. The molecule has 3 aliphatic rings. The van der Waals surface area contributed by atoms with E-state index in [2.05, 4.69) is 10.2 Å². The molecule has 1 unspecified atom stereocenters. The number of amides is 3. The zero-order chi connectivity index (χ0) is 28.2. The number of anilines is 1. The predicted molar refractivity (Wildman–Crippen MR) is 132 cm³/mol. The van der Waals surface area contributed by atoms with E-state index < -0.39 is 41.3 Å². The third kappa shape index (κ3) is 4.20. The van der Waals surface area contributed by atoms with Crippen molar-refractivity contribution in [3.63, 3.8) is 0 Å². The minimum Gasteiger partial charge on any atom is -0.381 e. The number of carbonyl (C=O) groups excluding carboxylic acids is 3. The molecule has 0 aliphatic carbocycles. The molecule has 1 atom stereocenters. The molecule has 204 valence electrons. The number of imide groups is 1. The Bertz CT molecular complexity index is 1350. The van der Waals surface area contributed by atoms with Gasteiger partial charge in [0, 0.05) is 60.7 Å². The van der Waals surface area contributed by atoms with Crippen LogP contribution in [-0.2, 0) is 34.0 Å². The molecule has 3 heterocycles. The first-order chi connectivity index (χ1) is 18.4. The van der Waals surface area contributed by atoms with Crippen LogP contribution in [0.15, 0.2) is 36.4 Å². The number of hydrogen-bond donors (Lipinski definition) is 6. The van der Waals surface area contributed by atoms with Crippen molar-refractivity contribution in [2.24, 2.45) is 0 Å². The van der Waals surface area contributed by atoms with E-state index in [0.29, 0.717) is 60.1 Å². The van der Waals surface area contributed by atoms with Crippen molar-refractivity contribution < 1.29 is 43.9 Å². The normalized spacial score (nSPS) is 24.4. The van der Waals surface area contributed by atoms with Gasteiger partial charge in [0.05, 0.1) is 13.2 Å². The summed E-state index contributed by atoms with van der Waals surface area (Å²) in [6.45, 7) is 2.58. The molecule has 14 heteroatoms. The third-order valence-corrected chi connectivity index (χ3v) is 7.43. The van der Waals surface area contributed by atoms with Crippen LogP contribution in [0.1, 0.15) is 27.0 Å². The summed E-state index contributed by atoms with van der Waals surface area (Å²) >= 11 is 0. The highest BCUT2D eigenvalue weighted by Crippen LogP contribution is 2.41. The lowest BCUT2D eigenvalue weighted by atomic mass is 9.63. The summed E-state index contributed by atoms with van der Waals surface area (Å²) < 4.78 is 20.6. The van der Waals surface area contributed by atoms with Crippen molar-refractivity contribution in [2.75, 3.05) is 31.6 Å². The average molecular weight is 540 g/mol. The van der Waals surface area contributed by atoms with E-state index in [4.69, 9.17) is 12.6 Å². The number of benzene rings is 2. The highest BCUT2D eigenvalue weighted by Gasteiger charge is 2.73. The van der Waals surface area contributed by atoms with Gasteiger partial charge in [-0.2, -0.15) is 0 Å². The standard InChI is InChI=1S/C25H26BFN4O8/c26-23(21(33)29-22(34)24(35,36)25(23,37)38)31-13-17-16(20(31)32)5-2-6-18(17)28-11-14-3-1-4-15(19(14)27)12-30-7-9-39-10-8-30/h1-6,28,35-38H,7-13H2,(H,29,33,34). The first kappa shape index (κ1) is 27.2. The van der Waals surface area contributed by atoms with E-state index in [1.54, 1.807) is 29.6 Å². The Morgan fingerprint density at radius 3 is 2.38 bits per heavy atom. The molecule has 2 saturated heterocycles. The lowest BCUT2D eigenvalue weighted by Gasteiger charge is -2.52. The summed E-state index contributed by atoms with van der Waals surface area (Å²) in [4.78, 5) is 40.3. The molecule has 6 N–H and O–H groups in total. The Hall–Kier alpha value is -3.40. The summed E-state index contributed by atoms with van der Waals surface area (Å²) in [7, 11) is 5.96. The van der Waals surface area contributed by atoms with E-state index in [-0.39, 0.29) is 17.9 Å². The van der Waals surface area contributed by atoms with Gasteiger partial charge in [-0.25, -0.2) is 4.39 Å².